The van der Waals surface area contributed by atoms with Crippen LogP contribution >= 0.6 is 8.25 Å². The number of hydrogen-bond donors (Lipinski definition) is 1. The van der Waals surface area contributed by atoms with E-state index in [2.05, 4.69) is 9.47 Å². The highest BCUT2D eigenvalue weighted by Gasteiger charge is 2.24. The molecule has 0 amide bonds. The fourth-order valence-electron chi connectivity index (χ4n) is 1.74. The van der Waals surface area contributed by atoms with Gasteiger partial charge in [0.1, 0.15) is 11.3 Å². The lowest BCUT2D eigenvalue weighted by Gasteiger charge is -2.15. The second kappa shape index (κ2) is 6.54. The molecule has 0 saturated heterocycles. The summed E-state index contributed by atoms with van der Waals surface area (Å²) in [5, 5.41) is 0. The van der Waals surface area contributed by atoms with E-state index in [1.807, 2.05) is 0 Å². The van der Waals surface area contributed by atoms with Gasteiger partial charge in [0, 0.05) is 0 Å². The van der Waals surface area contributed by atoms with Crippen LogP contribution in [0.1, 0.15) is 31.8 Å². The third-order valence-electron chi connectivity index (χ3n) is 2.86. The summed E-state index contributed by atoms with van der Waals surface area (Å²) < 4.78 is 24.8. The first-order valence-electron chi connectivity index (χ1n) is 5.55. The number of carbonyl (C=O) groups is 2. The van der Waals surface area contributed by atoms with Gasteiger partial charge >= 0.3 is 20.2 Å². The molecule has 0 fully saturated rings. The molecule has 1 rings (SSSR count). The van der Waals surface area contributed by atoms with Gasteiger partial charge in [0.05, 0.1) is 19.8 Å². The van der Waals surface area contributed by atoms with Crippen molar-refractivity contribution in [2.24, 2.45) is 0 Å². The van der Waals surface area contributed by atoms with Crippen LogP contribution in [0.15, 0.2) is 6.07 Å². The van der Waals surface area contributed by atoms with Crippen LogP contribution in [-0.2, 0) is 14.0 Å². The van der Waals surface area contributed by atoms with Crippen molar-refractivity contribution in [1.82, 2.24) is 0 Å². The van der Waals surface area contributed by atoms with E-state index in [1.165, 1.54) is 20.3 Å². The maximum atomic E-state index is 11.7. The van der Waals surface area contributed by atoms with Crippen molar-refractivity contribution in [3.63, 3.8) is 0 Å². The number of benzene rings is 1. The van der Waals surface area contributed by atoms with Crippen LogP contribution in [-0.4, -0.2) is 31.1 Å². The lowest BCUT2D eigenvalue weighted by atomic mass is 9.97. The van der Waals surface area contributed by atoms with Gasteiger partial charge in [-0.1, -0.05) is 0 Å². The van der Waals surface area contributed by atoms with Crippen molar-refractivity contribution in [3.8, 4) is 5.75 Å². The van der Waals surface area contributed by atoms with E-state index in [0.717, 1.165) is 0 Å². The highest BCUT2D eigenvalue weighted by molar-refractivity contribution is 7.32. The van der Waals surface area contributed by atoms with Gasteiger partial charge in [0.15, 0.2) is 0 Å². The van der Waals surface area contributed by atoms with E-state index >= 15 is 0 Å². The lowest BCUT2D eigenvalue weighted by molar-refractivity contribution is 0.0583. The second-order valence-electron chi connectivity index (χ2n) is 3.90. The number of hydrogen-bond acceptors (Lipinski definition) is 6. The second-order valence-corrected chi connectivity index (χ2v) is 4.63. The van der Waals surface area contributed by atoms with E-state index in [1.54, 1.807) is 13.8 Å². The van der Waals surface area contributed by atoms with E-state index < -0.39 is 20.2 Å². The summed E-state index contributed by atoms with van der Waals surface area (Å²) >= 11 is 0. The lowest BCUT2D eigenvalue weighted by Crippen LogP contribution is -2.12. The minimum Gasteiger partial charge on any atom is -0.465 e. The molecule has 20 heavy (non-hydrogen) atoms. The van der Waals surface area contributed by atoms with Crippen molar-refractivity contribution in [2.75, 3.05) is 14.2 Å². The summed E-state index contributed by atoms with van der Waals surface area (Å²) in [7, 11) is -0.951. The molecule has 0 spiro atoms. The number of esters is 2. The Labute approximate surface area is 116 Å². The highest BCUT2D eigenvalue weighted by atomic mass is 31.1. The number of ether oxygens (including phenoxy) is 2. The predicted molar refractivity (Wildman–Crippen MR) is 70.4 cm³/mol. The summed E-state index contributed by atoms with van der Waals surface area (Å²) in [5.41, 5.74) is 1.07. The average molecular weight is 302 g/mol. The Morgan fingerprint density at radius 2 is 1.65 bits per heavy atom. The van der Waals surface area contributed by atoms with E-state index in [0.29, 0.717) is 11.1 Å². The average Bonchev–Trinajstić information content (AvgIpc) is 2.40. The van der Waals surface area contributed by atoms with E-state index in [9.17, 15) is 14.2 Å². The quantitative estimate of drug-likeness (QED) is 0.666. The van der Waals surface area contributed by atoms with Crippen molar-refractivity contribution in [3.05, 3.63) is 28.3 Å². The zero-order valence-corrected chi connectivity index (χ0v) is 12.5. The summed E-state index contributed by atoms with van der Waals surface area (Å²) in [6, 6.07) is 1.19. The number of carbonyl (C=O) groups excluding carboxylic acids is 2. The first-order valence-corrected chi connectivity index (χ1v) is 6.81. The molecule has 1 unspecified atom stereocenters. The summed E-state index contributed by atoms with van der Waals surface area (Å²) in [6.07, 6.45) is 0. The van der Waals surface area contributed by atoms with Crippen molar-refractivity contribution in [2.45, 2.75) is 13.8 Å². The Hall–Kier alpha value is -1.85. The molecule has 1 atom stereocenters. The summed E-state index contributed by atoms with van der Waals surface area (Å²) in [6.45, 7) is 3.20. The van der Waals surface area contributed by atoms with Gasteiger partial charge in [0.2, 0.25) is 0 Å². The topological polar surface area (TPSA) is 99.1 Å². The first kappa shape index (κ1) is 16.2. The fourth-order valence-corrected chi connectivity index (χ4v) is 2.09. The number of methoxy groups -OCH3 is 2. The van der Waals surface area contributed by atoms with Gasteiger partial charge in [-0.2, -0.15) is 0 Å². The largest absolute Gasteiger partial charge is 0.465 e. The van der Waals surface area contributed by atoms with Crippen LogP contribution in [0.4, 0.5) is 0 Å². The molecule has 0 radical (unpaired) electrons. The Morgan fingerprint density at radius 1 is 1.10 bits per heavy atom. The Morgan fingerprint density at radius 3 is 2.10 bits per heavy atom. The van der Waals surface area contributed by atoms with Gasteiger partial charge in [0.25, 0.3) is 0 Å². The maximum absolute atomic E-state index is 11.7. The van der Waals surface area contributed by atoms with Gasteiger partial charge in [-0.3, -0.25) is 0 Å². The van der Waals surface area contributed by atoms with E-state index in [-0.39, 0.29) is 16.9 Å². The smallest absolute Gasteiger partial charge is 0.365 e. The number of rotatable bonds is 4. The van der Waals surface area contributed by atoms with Gasteiger partial charge in [-0.05, 0) is 31.0 Å². The van der Waals surface area contributed by atoms with Crippen LogP contribution in [0, 0.1) is 13.8 Å². The molecule has 0 aliphatic carbocycles. The van der Waals surface area contributed by atoms with Gasteiger partial charge in [-0.25, -0.2) is 14.2 Å². The van der Waals surface area contributed by atoms with Crippen LogP contribution in [0.3, 0.4) is 0 Å². The molecule has 0 aliphatic heterocycles. The van der Waals surface area contributed by atoms with Crippen LogP contribution in [0.25, 0.3) is 0 Å². The Balaban J connectivity index is 3.59. The van der Waals surface area contributed by atoms with Crippen molar-refractivity contribution < 1.29 is 33.0 Å². The molecule has 0 heterocycles. The monoisotopic (exact) mass is 302 g/mol. The minimum absolute atomic E-state index is 0.00468. The zero-order chi connectivity index (χ0) is 15.4. The molecule has 1 aromatic rings. The molecule has 0 aliphatic rings. The molecule has 0 bridgehead atoms. The van der Waals surface area contributed by atoms with Crippen LogP contribution in [0.5, 0.6) is 5.75 Å². The molecule has 0 saturated carbocycles. The molecular formula is C12H15O7P. The van der Waals surface area contributed by atoms with Crippen molar-refractivity contribution in [1.29, 1.82) is 0 Å². The molecule has 1 N–H and O–H groups in total. The minimum atomic E-state index is -3.34. The highest BCUT2D eigenvalue weighted by Crippen LogP contribution is 2.33. The molecular weight excluding hydrogens is 287 g/mol. The Bertz CT molecular complexity index is 580. The molecule has 8 heteroatoms. The zero-order valence-electron chi connectivity index (χ0n) is 11.5. The summed E-state index contributed by atoms with van der Waals surface area (Å²) in [5.74, 6) is -1.54. The van der Waals surface area contributed by atoms with Gasteiger partial charge in [-0.15, -0.1) is 0 Å². The van der Waals surface area contributed by atoms with Crippen LogP contribution < -0.4 is 4.52 Å². The third kappa shape index (κ3) is 3.18. The molecule has 0 aromatic heterocycles. The third-order valence-corrected chi connectivity index (χ3v) is 3.25. The predicted octanol–water partition coefficient (Wildman–Crippen LogP) is 1.64. The Kier molecular flexibility index (Phi) is 5.30. The maximum Gasteiger partial charge on any atom is 0.365 e. The first-order chi connectivity index (χ1) is 9.33. The van der Waals surface area contributed by atoms with Gasteiger partial charge < -0.3 is 18.9 Å². The van der Waals surface area contributed by atoms with Crippen molar-refractivity contribution >= 4 is 20.2 Å². The standard InChI is InChI=1S/C12H15O7P/c1-6-7(2)10(12(14)18-4)9(19-20(15)16)5-8(6)11(13)17-3/h5,20H,1-4H3,(H,15,16). The molecule has 1 aromatic carbocycles. The SMILES string of the molecule is COC(=O)c1cc(O[PH](=O)O)c(C(=O)OC)c(C)c1C. The van der Waals surface area contributed by atoms with E-state index in [4.69, 9.17) is 9.42 Å². The molecule has 7 nitrogen and oxygen atoms in total. The fraction of sp³-hybridized carbons (Fsp3) is 0.333. The molecule has 110 valence electrons. The summed E-state index contributed by atoms with van der Waals surface area (Å²) in [4.78, 5) is 32.3. The normalized spacial score (nSPS) is 11.7. The van der Waals surface area contributed by atoms with Crippen LogP contribution in [0.2, 0.25) is 0 Å².